The molecule has 1 amide bonds. The van der Waals surface area contributed by atoms with Crippen molar-refractivity contribution in [2.75, 3.05) is 18.4 Å². The van der Waals surface area contributed by atoms with E-state index in [1.54, 1.807) is 18.5 Å². The zero-order valence-electron chi connectivity index (χ0n) is 10.3. The first-order valence-corrected chi connectivity index (χ1v) is 6.73. The van der Waals surface area contributed by atoms with Crippen LogP contribution in [0.1, 0.15) is 25.7 Å². The molecule has 5 heteroatoms. The van der Waals surface area contributed by atoms with E-state index in [1.807, 2.05) is 0 Å². The second kappa shape index (κ2) is 6.71. The Morgan fingerprint density at radius 2 is 2.28 bits per heavy atom. The van der Waals surface area contributed by atoms with Crippen molar-refractivity contribution in [3.8, 4) is 0 Å². The van der Waals surface area contributed by atoms with Gasteiger partial charge in [-0.05, 0) is 44.3 Å². The van der Waals surface area contributed by atoms with Crippen LogP contribution in [0.3, 0.4) is 0 Å². The Bertz CT molecular complexity index is 405. The van der Waals surface area contributed by atoms with Crippen LogP contribution in [-0.4, -0.2) is 24.0 Å². The average Bonchev–Trinajstić information content (AvgIpc) is 2.40. The quantitative estimate of drug-likeness (QED) is 0.881. The third-order valence-corrected chi connectivity index (χ3v) is 3.61. The van der Waals surface area contributed by atoms with Crippen LogP contribution in [0.25, 0.3) is 0 Å². The van der Waals surface area contributed by atoms with Crippen molar-refractivity contribution in [1.29, 1.82) is 0 Å². The molecule has 1 aromatic heterocycles. The highest BCUT2D eigenvalue weighted by Crippen LogP contribution is 2.21. The molecule has 0 bridgehead atoms. The van der Waals surface area contributed by atoms with Gasteiger partial charge >= 0.3 is 0 Å². The van der Waals surface area contributed by atoms with Gasteiger partial charge in [-0.15, -0.1) is 0 Å². The first-order chi connectivity index (χ1) is 8.75. The number of anilines is 1. The lowest BCUT2D eigenvalue weighted by atomic mass is 9.93. The molecule has 0 unspecified atom stereocenters. The molecule has 0 aromatic carbocycles. The van der Waals surface area contributed by atoms with Crippen LogP contribution in [0.2, 0.25) is 5.02 Å². The summed E-state index contributed by atoms with van der Waals surface area (Å²) in [5.41, 5.74) is 0.592. The second-order valence-corrected chi connectivity index (χ2v) is 5.04. The molecule has 1 aliphatic heterocycles. The molecule has 4 nitrogen and oxygen atoms in total. The van der Waals surface area contributed by atoms with E-state index < -0.39 is 0 Å². The molecule has 18 heavy (non-hydrogen) atoms. The Labute approximate surface area is 112 Å². The second-order valence-electron chi connectivity index (χ2n) is 4.64. The predicted octanol–water partition coefficient (Wildman–Crippen LogP) is 2.45. The maximum absolute atomic E-state index is 11.8. The molecule has 2 N–H and O–H groups in total. The van der Waals surface area contributed by atoms with Crippen molar-refractivity contribution in [3.63, 3.8) is 0 Å². The first kappa shape index (κ1) is 13.3. The average molecular weight is 268 g/mol. The number of piperidine rings is 1. The lowest BCUT2D eigenvalue weighted by Gasteiger charge is -2.22. The normalized spacial score (nSPS) is 16.5. The fourth-order valence-corrected chi connectivity index (χ4v) is 2.34. The van der Waals surface area contributed by atoms with Gasteiger partial charge in [0.1, 0.15) is 0 Å². The summed E-state index contributed by atoms with van der Waals surface area (Å²) in [6.45, 7) is 2.14. The SMILES string of the molecule is O=C(CCC1CCNCC1)Nc1cnccc1Cl. The maximum atomic E-state index is 11.8. The van der Waals surface area contributed by atoms with Crippen molar-refractivity contribution >= 4 is 23.2 Å². The fourth-order valence-electron chi connectivity index (χ4n) is 2.19. The maximum Gasteiger partial charge on any atom is 0.224 e. The molecular formula is C13H18ClN3O. The highest BCUT2D eigenvalue weighted by atomic mass is 35.5. The molecule has 1 aromatic rings. The van der Waals surface area contributed by atoms with E-state index in [0.717, 1.165) is 19.5 Å². The summed E-state index contributed by atoms with van der Waals surface area (Å²) < 4.78 is 0. The molecule has 0 saturated carbocycles. The minimum Gasteiger partial charge on any atom is -0.324 e. The van der Waals surface area contributed by atoms with Crippen LogP contribution >= 0.6 is 11.6 Å². The van der Waals surface area contributed by atoms with E-state index in [0.29, 0.717) is 23.0 Å². The van der Waals surface area contributed by atoms with Crippen LogP contribution in [0.4, 0.5) is 5.69 Å². The van der Waals surface area contributed by atoms with E-state index in [-0.39, 0.29) is 5.91 Å². The van der Waals surface area contributed by atoms with Gasteiger partial charge in [0, 0.05) is 12.6 Å². The van der Waals surface area contributed by atoms with Crippen molar-refractivity contribution in [2.45, 2.75) is 25.7 Å². The van der Waals surface area contributed by atoms with E-state index in [9.17, 15) is 4.79 Å². The van der Waals surface area contributed by atoms with Gasteiger partial charge in [-0.25, -0.2) is 0 Å². The number of aromatic nitrogens is 1. The molecule has 1 aliphatic rings. The third-order valence-electron chi connectivity index (χ3n) is 3.28. The van der Waals surface area contributed by atoms with Crippen molar-refractivity contribution in [3.05, 3.63) is 23.5 Å². The third kappa shape index (κ3) is 3.96. The van der Waals surface area contributed by atoms with Gasteiger partial charge in [-0.1, -0.05) is 11.6 Å². The molecule has 0 spiro atoms. The minimum absolute atomic E-state index is 0.0171. The fraction of sp³-hybridized carbons (Fsp3) is 0.538. The highest BCUT2D eigenvalue weighted by molar-refractivity contribution is 6.33. The minimum atomic E-state index is 0.0171. The number of amides is 1. The summed E-state index contributed by atoms with van der Waals surface area (Å²) in [6, 6.07) is 1.67. The van der Waals surface area contributed by atoms with Crippen LogP contribution in [0.15, 0.2) is 18.5 Å². The smallest absolute Gasteiger partial charge is 0.224 e. The Balaban J connectivity index is 1.76. The monoisotopic (exact) mass is 267 g/mol. The molecular weight excluding hydrogens is 250 g/mol. The Morgan fingerprint density at radius 1 is 1.50 bits per heavy atom. The summed E-state index contributed by atoms with van der Waals surface area (Å²) >= 11 is 5.95. The van der Waals surface area contributed by atoms with Crippen molar-refractivity contribution in [2.24, 2.45) is 5.92 Å². The van der Waals surface area contributed by atoms with E-state index in [2.05, 4.69) is 15.6 Å². The van der Waals surface area contributed by atoms with Crippen LogP contribution < -0.4 is 10.6 Å². The number of hydrogen-bond acceptors (Lipinski definition) is 3. The molecule has 0 aliphatic carbocycles. The number of hydrogen-bond donors (Lipinski definition) is 2. The van der Waals surface area contributed by atoms with Gasteiger partial charge in [0.2, 0.25) is 5.91 Å². The molecule has 98 valence electrons. The molecule has 2 heterocycles. The van der Waals surface area contributed by atoms with Gasteiger partial charge < -0.3 is 10.6 Å². The summed E-state index contributed by atoms with van der Waals surface area (Å²) in [5.74, 6) is 0.685. The summed E-state index contributed by atoms with van der Waals surface area (Å²) in [4.78, 5) is 15.7. The van der Waals surface area contributed by atoms with Gasteiger partial charge in [-0.3, -0.25) is 9.78 Å². The Hall–Kier alpha value is -1.13. The number of halogens is 1. The number of pyridine rings is 1. The Morgan fingerprint density at radius 3 is 3.00 bits per heavy atom. The number of carbonyl (C=O) groups is 1. The topological polar surface area (TPSA) is 54.0 Å². The molecule has 2 rings (SSSR count). The van der Waals surface area contributed by atoms with E-state index in [1.165, 1.54) is 12.8 Å². The largest absolute Gasteiger partial charge is 0.324 e. The number of carbonyl (C=O) groups excluding carboxylic acids is 1. The first-order valence-electron chi connectivity index (χ1n) is 6.36. The number of rotatable bonds is 4. The van der Waals surface area contributed by atoms with Crippen LogP contribution in [0.5, 0.6) is 0 Å². The van der Waals surface area contributed by atoms with Crippen molar-refractivity contribution in [1.82, 2.24) is 10.3 Å². The van der Waals surface area contributed by atoms with Gasteiger partial charge in [0.15, 0.2) is 0 Å². The van der Waals surface area contributed by atoms with Crippen molar-refractivity contribution < 1.29 is 4.79 Å². The molecule has 1 fully saturated rings. The summed E-state index contributed by atoms with van der Waals surface area (Å²) in [5, 5.41) is 6.65. The molecule has 1 saturated heterocycles. The zero-order valence-corrected chi connectivity index (χ0v) is 11.0. The predicted molar refractivity (Wildman–Crippen MR) is 72.7 cm³/mol. The van der Waals surface area contributed by atoms with Crippen LogP contribution in [0, 0.1) is 5.92 Å². The zero-order chi connectivity index (χ0) is 12.8. The van der Waals surface area contributed by atoms with Crippen LogP contribution in [-0.2, 0) is 4.79 Å². The standard InChI is InChI=1S/C13H18ClN3O/c14-11-5-8-16-9-12(11)17-13(18)2-1-10-3-6-15-7-4-10/h5,8-10,15H,1-4,6-7H2,(H,17,18). The summed E-state index contributed by atoms with van der Waals surface area (Å²) in [6.07, 6.45) is 7.01. The van der Waals surface area contributed by atoms with Gasteiger partial charge in [-0.2, -0.15) is 0 Å². The summed E-state index contributed by atoms with van der Waals surface area (Å²) in [7, 11) is 0. The number of nitrogens with zero attached hydrogens (tertiary/aromatic N) is 1. The lowest BCUT2D eigenvalue weighted by molar-refractivity contribution is -0.116. The molecule has 0 radical (unpaired) electrons. The van der Waals surface area contributed by atoms with E-state index in [4.69, 9.17) is 11.6 Å². The van der Waals surface area contributed by atoms with E-state index >= 15 is 0 Å². The number of nitrogens with one attached hydrogen (secondary N) is 2. The molecule has 0 atom stereocenters. The highest BCUT2D eigenvalue weighted by Gasteiger charge is 2.14. The van der Waals surface area contributed by atoms with Gasteiger partial charge in [0.25, 0.3) is 0 Å². The lowest BCUT2D eigenvalue weighted by Crippen LogP contribution is -2.28. The Kier molecular flexibility index (Phi) is 4.96. The van der Waals surface area contributed by atoms with Gasteiger partial charge in [0.05, 0.1) is 16.9 Å².